The van der Waals surface area contributed by atoms with Crippen LogP contribution in [0.3, 0.4) is 0 Å². The predicted octanol–water partition coefficient (Wildman–Crippen LogP) is 1.77. The summed E-state index contributed by atoms with van der Waals surface area (Å²) < 4.78 is 25.6. The zero-order chi connectivity index (χ0) is 16.2. The molecule has 0 N–H and O–H groups in total. The first-order valence-corrected chi connectivity index (χ1v) is 9.48. The number of unbranched alkanes of at least 4 members (excludes halogenated alkanes) is 4. The van der Waals surface area contributed by atoms with Crippen LogP contribution in [0.15, 0.2) is 15.3 Å². The normalized spacial score (nSPS) is 11.6. The van der Waals surface area contributed by atoms with Crippen molar-refractivity contribution in [3.63, 3.8) is 0 Å². The summed E-state index contributed by atoms with van der Waals surface area (Å²) in [5.41, 5.74) is -0.832. The topological polar surface area (TPSA) is 105 Å². The van der Waals surface area contributed by atoms with E-state index in [1.54, 1.807) is 6.07 Å². The van der Waals surface area contributed by atoms with Crippen molar-refractivity contribution < 1.29 is 8.42 Å². The Morgan fingerprint density at radius 3 is 2.73 bits per heavy atom. The third-order valence-corrected chi connectivity index (χ3v) is 6.31. The third-order valence-electron chi connectivity index (χ3n) is 3.15. The summed E-state index contributed by atoms with van der Waals surface area (Å²) in [5.74, 6) is 0.0342. The second-order valence-electron chi connectivity index (χ2n) is 4.90. The van der Waals surface area contributed by atoms with Gasteiger partial charge in [-0.3, -0.25) is 4.79 Å². The average molecular weight is 340 g/mol. The second kappa shape index (κ2) is 6.98. The highest BCUT2D eigenvalue weighted by atomic mass is 32.2. The fourth-order valence-corrected chi connectivity index (χ4v) is 4.50. The van der Waals surface area contributed by atoms with Gasteiger partial charge in [-0.2, -0.15) is 10.2 Å². The van der Waals surface area contributed by atoms with Crippen LogP contribution < -0.4 is 5.56 Å². The minimum absolute atomic E-state index is 0.0342. The number of aromatic nitrogens is 3. The Labute approximate surface area is 132 Å². The molecule has 2 rings (SSSR count). The molecular weight excluding hydrogens is 324 g/mol. The molecule has 0 amide bonds. The summed E-state index contributed by atoms with van der Waals surface area (Å²) in [4.78, 5) is 15.3. The molecule has 2 heterocycles. The summed E-state index contributed by atoms with van der Waals surface area (Å²) in [6, 6.07) is 1.71. The lowest BCUT2D eigenvalue weighted by molar-refractivity contribution is 0.584. The molecule has 9 heteroatoms. The van der Waals surface area contributed by atoms with Gasteiger partial charge in [0.15, 0.2) is 0 Å². The number of fused-ring (bicyclic) bond motifs is 1. The Morgan fingerprint density at radius 1 is 1.32 bits per heavy atom. The quantitative estimate of drug-likeness (QED) is 0.711. The standard InChI is InChI=1S/C13H16N4O3S2/c1-2-3-4-5-6-7-22(19,20)13-16-17-9-10(8-14)11(18)15-12(17)21-13/h9H,2-7H2,1H3. The van der Waals surface area contributed by atoms with E-state index in [1.807, 2.05) is 0 Å². The van der Waals surface area contributed by atoms with Gasteiger partial charge in [-0.15, -0.1) is 5.10 Å². The Hall–Kier alpha value is -1.79. The second-order valence-corrected chi connectivity index (χ2v) is 8.14. The molecule has 0 fully saturated rings. The number of nitriles is 1. The summed E-state index contributed by atoms with van der Waals surface area (Å²) >= 11 is 0.849. The SMILES string of the molecule is CCCCCCCS(=O)(=O)c1nn2cc(C#N)c(=O)nc2s1. The molecule has 0 aliphatic carbocycles. The van der Waals surface area contributed by atoms with Crippen molar-refractivity contribution in [2.75, 3.05) is 5.75 Å². The van der Waals surface area contributed by atoms with Crippen LogP contribution in [-0.4, -0.2) is 28.8 Å². The summed E-state index contributed by atoms with van der Waals surface area (Å²) in [5, 5.41) is 12.7. The van der Waals surface area contributed by atoms with Gasteiger partial charge < -0.3 is 0 Å². The molecule has 118 valence electrons. The monoisotopic (exact) mass is 340 g/mol. The maximum absolute atomic E-state index is 12.2. The Kier molecular flexibility index (Phi) is 5.26. The van der Waals surface area contributed by atoms with Gasteiger partial charge in [-0.05, 0) is 6.42 Å². The van der Waals surface area contributed by atoms with Crippen LogP contribution in [-0.2, 0) is 9.84 Å². The number of rotatable bonds is 7. The van der Waals surface area contributed by atoms with E-state index in [-0.39, 0.29) is 20.6 Å². The van der Waals surface area contributed by atoms with Crippen molar-refractivity contribution in [1.29, 1.82) is 5.26 Å². The number of hydrogen-bond acceptors (Lipinski definition) is 7. The molecule has 7 nitrogen and oxygen atoms in total. The first-order valence-electron chi connectivity index (χ1n) is 7.01. The number of sulfone groups is 1. The van der Waals surface area contributed by atoms with E-state index < -0.39 is 15.4 Å². The van der Waals surface area contributed by atoms with Crippen LogP contribution in [0.5, 0.6) is 0 Å². The van der Waals surface area contributed by atoms with Crippen LogP contribution in [0.1, 0.15) is 44.6 Å². The van der Waals surface area contributed by atoms with Crippen LogP contribution in [0.4, 0.5) is 0 Å². The third kappa shape index (κ3) is 3.69. The molecule has 0 atom stereocenters. The minimum Gasteiger partial charge on any atom is -0.266 e. The number of hydrogen-bond donors (Lipinski definition) is 0. The molecule has 0 saturated carbocycles. The van der Waals surface area contributed by atoms with E-state index in [1.165, 1.54) is 10.7 Å². The highest BCUT2D eigenvalue weighted by Gasteiger charge is 2.20. The first kappa shape index (κ1) is 16.6. The molecule has 0 aliphatic heterocycles. The molecule has 0 saturated heterocycles. The Bertz CT molecular complexity index is 862. The molecule has 0 aromatic carbocycles. The summed E-state index contributed by atoms with van der Waals surface area (Å²) in [6.07, 6.45) is 5.89. The molecule has 22 heavy (non-hydrogen) atoms. The van der Waals surface area contributed by atoms with E-state index in [2.05, 4.69) is 17.0 Å². The summed E-state index contributed by atoms with van der Waals surface area (Å²) in [7, 11) is -3.48. The van der Waals surface area contributed by atoms with E-state index in [0.717, 1.165) is 37.0 Å². The van der Waals surface area contributed by atoms with Gasteiger partial charge in [0.25, 0.3) is 5.56 Å². The molecule has 0 unspecified atom stereocenters. The zero-order valence-electron chi connectivity index (χ0n) is 12.2. The van der Waals surface area contributed by atoms with Gasteiger partial charge in [0, 0.05) is 0 Å². The van der Waals surface area contributed by atoms with E-state index in [0.29, 0.717) is 6.42 Å². The smallest absolute Gasteiger partial charge is 0.266 e. The largest absolute Gasteiger partial charge is 0.291 e. The first-order chi connectivity index (χ1) is 10.5. The van der Waals surface area contributed by atoms with E-state index >= 15 is 0 Å². The van der Waals surface area contributed by atoms with E-state index in [4.69, 9.17) is 5.26 Å². The van der Waals surface area contributed by atoms with Gasteiger partial charge in [0.05, 0.1) is 11.9 Å². The van der Waals surface area contributed by atoms with Crippen molar-refractivity contribution in [1.82, 2.24) is 14.6 Å². The predicted molar refractivity (Wildman–Crippen MR) is 82.7 cm³/mol. The number of nitrogens with zero attached hydrogens (tertiary/aromatic N) is 4. The van der Waals surface area contributed by atoms with Crippen LogP contribution in [0.25, 0.3) is 4.96 Å². The van der Waals surface area contributed by atoms with Crippen molar-refractivity contribution in [3.8, 4) is 6.07 Å². The maximum Gasteiger partial charge on any atom is 0.291 e. The molecule has 0 bridgehead atoms. The van der Waals surface area contributed by atoms with Crippen molar-refractivity contribution in [3.05, 3.63) is 22.1 Å². The minimum atomic E-state index is -3.48. The molecule has 2 aromatic rings. The fraction of sp³-hybridized carbons (Fsp3) is 0.538. The Balaban J connectivity index is 2.19. The average Bonchev–Trinajstić information content (AvgIpc) is 2.89. The zero-order valence-corrected chi connectivity index (χ0v) is 13.8. The van der Waals surface area contributed by atoms with Gasteiger partial charge >= 0.3 is 0 Å². The van der Waals surface area contributed by atoms with Crippen molar-refractivity contribution in [2.24, 2.45) is 0 Å². The molecular formula is C13H16N4O3S2. The lowest BCUT2D eigenvalue weighted by Crippen LogP contribution is -2.12. The molecule has 0 aliphatic rings. The molecule has 0 radical (unpaired) electrons. The van der Waals surface area contributed by atoms with Gasteiger partial charge in [0.2, 0.25) is 19.1 Å². The van der Waals surface area contributed by atoms with Crippen LogP contribution in [0, 0.1) is 11.3 Å². The van der Waals surface area contributed by atoms with Crippen LogP contribution in [0.2, 0.25) is 0 Å². The fourth-order valence-electron chi connectivity index (χ4n) is 1.94. The van der Waals surface area contributed by atoms with Gasteiger partial charge in [0.1, 0.15) is 11.6 Å². The van der Waals surface area contributed by atoms with Crippen LogP contribution >= 0.6 is 11.3 Å². The summed E-state index contributed by atoms with van der Waals surface area (Å²) in [6.45, 7) is 2.10. The molecule has 2 aromatic heterocycles. The highest BCUT2D eigenvalue weighted by Crippen LogP contribution is 2.19. The Morgan fingerprint density at radius 2 is 2.05 bits per heavy atom. The van der Waals surface area contributed by atoms with Crippen molar-refractivity contribution in [2.45, 2.75) is 43.4 Å². The highest BCUT2D eigenvalue weighted by molar-refractivity contribution is 7.93. The van der Waals surface area contributed by atoms with Gasteiger partial charge in [-0.25, -0.2) is 12.9 Å². The molecule has 0 spiro atoms. The van der Waals surface area contributed by atoms with E-state index in [9.17, 15) is 13.2 Å². The lowest BCUT2D eigenvalue weighted by Gasteiger charge is -2.00. The van der Waals surface area contributed by atoms with Crippen molar-refractivity contribution >= 4 is 26.1 Å². The lowest BCUT2D eigenvalue weighted by atomic mass is 10.2. The van der Waals surface area contributed by atoms with Gasteiger partial charge in [-0.1, -0.05) is 43.9 Å². The maximum atomic E-state index is 12.2.